The number of fused-ring (bicyclic) bond motifs is 1. The number of methoxy groups -OCH3 is 1. The van der Waals surface area contributed by atoms with Crippen molar-refractivity contribution in [3.63, 3.8) is 0 Å². The van der Waals surface area contributed by atoms with E-state index in [4.69, 9.17) is 20.2 Å². The van der Waals surface area contributed by atoms with Crippen LogP contribution in [0, 0.1) is 17.3 Å². The van der Waals surface area contributed by atoms with Crippen molar-refractivity contribution >= 4 is 40.5 Å². The second-order valence-electron chi connectivity index (χ2n) is 19.2. The van der Waals surface area contributed by atoms with Crippen LogP contribution in [0.4, 0.5) is 0 Å². The number of rotatable bonds is 18. The van der Waals surface area contributed by atoms with Crippen molar-refractivity contribution in [3.05, 3.63) is 90.3 Å². The van der Waals surface area contributed by atoms with E-state index < -0.39 is 35.4 Å². The third-order valence-corrected chi connectivity index (χ3v) is 13.2. The number of ether oxygens (including phenoxy) is 2. The number of carbonyl (C=O) groups excluding carboxylic acids is 5. The van der Waals surface area contributed by atoms with Crippen molar-refractivity contribution in [2.24, 2.45) is 23.0 Å². The molecule has 0 aliphatic carbocycles. The number of aromatic nitrogens is 2. The van der Waals surface area contributed by atoms with Gasteiger partial charge in [0.25, 0.3) is 5.91 Å². The largest absolute Gasteiger partial charge is 0.465 e. The third kappa shape index (κ3) is 11.5. The summed E-state index contributed by atoms with van der Waals surface area (Å²) < 4.78 is 13.7. The molecule has 2 aromatic heterocycles. The fourth-order valence-electron chi connectivity index (χ4n) is 9.66. The number of likely N-dealkylation sites (tertiary alicyclic amines) is 1. The minimum Gasteiger partial charge on any atom is -0.465 e. The molecule has 4 aromatic rings. The summed E-state index contributed by atoms with van der Waals surface area (Å²) in [5.41, 5.74) is 16.9. The number of aryl methyl sites for hydroxylation is 1. The monoisotopic (exact) mass is 919 g/mol. The molecule has 2 aromatic carbocycles. The van der Waals surface area contributed by atoms with Gasteiger partial charge >= 0.3 is 5.97 Å². The van der Waals surface area contributed by atoms with E-state index in [0.717, 1.165) is 62.9 Å². The van der Waals surface area contributed by atoms with Gasteiger partial charge in [-0.1, -0.05) is 64.6 Å². The lowest BCUT2D eigenvalue weighted by atomic mass is 9.84. The van der Waals surface area contributed by atoms with E-state index in [1.807, 2.05) is 45.0 Å². The van der Waals surface area contributed by atoms with Gasteiger partial charge in [-0.25, -0.2) is 5.43 Å². The zero-order valence-electron chi connectivity index (χ0n) is 40.8. The number of amides is 4. The van der Waals surface area contributed by atoms with Gasteiger partial charge in [0.05, 0.1) is 30.0 Å². The number of hydrazine groups is 1. The molecule has 2 aliphatic heterocycles. The van der Waals surface area contributed by atoms with Gasteiger partial charge in [0, 0.05) is 94.3 Å². The second-order valence-corrected chi connectivity index (χ2v) is 19.2. The number of likely N-dealkylation sites (N-methyl/N-ethyl adjacent to an activating group) is 1. The van der Waals surface area contributed by atoms with Crippen LogP contribution >= 0.6 is 0 Å². The molecule has 2 aliphatic rings. The molecular weight excluding hydrogens is 849 g/mol. The van der Waals surface area contributed by atoms with Gasteiger partial charge in [0.1, 0.15) is 12.1 Å². The Labute approximate surface area is 395 Å². The number of esters is 1. The Kier molecular flexibility index (Phi) is 16.4. The topological polar surface area (TPSA) is 181 Å². The van der Waals surface area contributed by atoms with E-state index in [1.54, 1.807) is 25.4 Å². The minimum atomic E-state index is -0.953. The van der Waals surface area contributed by atoms with Crippen molar-refractivity contribution in [2.45, 2.75) is 105 Å². The predicted molar refractivity (Wildman–Crippen MR) is 260 cm³/mol. The average molecular weight is 919 g/mol. The van der Waals surface area contributed by atoms with Crippen LogP contribution in [-0.2, 0) is 52.8 Å². The van der Waals surface area contributed by atoms with Gasteiger partial charge in [0.15, 0.2) is 0 Å². The number of benzene rings is 2. The number of hydrogen-bond donors (Lipinski definition) is 3. The van der Waals surface area contributed by atoms with Crippen molar-refractivity contribution in [2.75, 3.05) is 46.9 Å². The van der Waals surface area contributed by atoms with Crippen molar-refractivity contribution in [1.29, 1.82) is 0 Å². The van der Waals surface area contributed by atoms with E-state index in [1.165, 1.54) is 22.8 Å². The lowest BCUT2D eigenvalue weighted by molar-refractivity contribution is -0.146. The standard InChI is InChI=1S/C52H70N8O7/c1-11-45(62)58-29-41(42(53)30-58)50(64)57(9)47(32(3)4)49(63)56-43(51(65)60-24-14-13-23-55-60)26-35-17-15-18-36(25-35)37-20-21-44-39(27-37)40(28-52(7,8)31-67-34(6)61)48(59(44)12-2)38-19-16-22-54-46(38)33(5)66-10/h11,15-22,25,27,32-33,41-43,47,55H,1,12-14,23-24,26,28-31,53H2,2-10H3,(H,56,63)/t33-,41+,42+,43-,47-/m0/s1. The van der Waals surface area contributed by atoms with Gasteiger partial charge in [-0.15, -0.1) is 0 Å². The maximum absolute atomic E-state index is 14.4. The Hall–Kier alpha value is -5.90. The van der Waals surface area contributed by atoms with E-state index >= 15 is 0 Å². The molecule has 2 saturated heterocycles. The van der Waals surface area contributed by atoms with Crippen LogP contribution in [0.3, 0.4) is 0 Å². The first-order valence-electron chi connectivity index (χ1n) is 23.5. The first-order valence-corrected chi connectivity index (χ1v) is 23.5. The van der Waals surface area contributed by atoms with E-state index in [-0.39, 0.29) is 61.8 Å². The summed E-state index contributed by atoms with van der Waals surface area (Å²) >= 11 is 0. The number of hydrogen-bond acceptors (Lipinski definition) is 10. The first-order chi connectivity index (χ1) is 31.9. The fraction of sp³-hybridized carbons (Fsp3) is 0.500. The highest BCUT2D eigenvalue weighted by atomic mass is 16.5. The molecule has 4 amide bonds. The van der Waals surface area contributed by atoms with Crippen molar-refractivity contribution in [3.8, 4) is 22.4 Å². The Morgan fingerprint density at radius 1 is 1.04 bits per heavy atom. The fourth-order valence-corrected chi connectivity index (χ4v) is 9.66. The summed E-state index contributed by atoms with van der Waals surface area (Å²) in [6.45, 7) is 19.5. The van der Waals surface area contributed by atoms with Gasteiger partial charge in [0.2, 0.25) is 17.7 Å². The zero-order valence-corrected chi connectivity index (χ0v) is 40.8. The lowest BCUT2D eigenvalue weighted by Gasteiger charge is -2.35. The molecular formula is C52H70N8O7. The summed E-state index contributed by atoms with van der Waals surface area (Å²) in [5, 5.41) is 5.73. The molecule has 0 bridgehead atoms. The number of nitrogens with one attached hydrogen (secondary N) is 2. The number of nitrogens with zero attached hydrogens (tertiary/aromatic N) is 5. The van der Waals surface area contributed by atoms with Crippen LogP contribution in [0.25, 0.3) is 33.3 Å². The highest BCUT2D eigenvalue weighted by Crippen LogP contribution is 2.42. The maximum Gasteiger partial charge on any atom is 0.302 e. The van der Waals surface area contributed by atoms with E-state index in [2.05, 4.69) is 73.0 Å². The van der Waals surface area contributed by atoms with Gasteiger partial charge in [-0.05, 0) is 91.6 Å². The van der Waals surface area contributed by atoms with Crippen LogP contribution in [0.1, 0.15) is 84.2 Å². The summed E-state index contributed by atoms with van der Waals surface area (Å²) in [5.74, 6) is -2.69. The molecule has 0 saturated carbocycles. The van der Waals surface area contributed by atoms with Crippen LogP contribution < -0.4 is 16.5 Å². The Balaban J connectivity index is 1.36. The normalized spacial score (nSPS) is 17.8. The first kappa shape index (κ1) is 50.5. The average Bonchev–Trinajstić information content (AvgIpc) is 3.86. The Bertz CT molecular complexity index is 2460. The zero-order chi connectivity index (χ0) is 48.7. The van der Waals surface area contributed by atoms with Crippen molar-refractivity contribution in [1.82, 2.24) is 35.1 Å². The molecule has 360 valence electrons. The Morgan fingerprint density at radius 2 is 1.79 bits per heavy atom. The molecule has 5 atom stereocenters. The van der Waals surface area contributed by atoms with Gasteiger partial charge < -0.3 is 34.9 Å². The van der Waals surface area contributed by atoms with Crippen LogP contribution in [0.5, 0.6) is 0 Å². The highest BCUT2D eigenvalue weighted by Gasteiger charge is 2.42. The molecule has 15 heteroatoms. The lowest BCUT2D eigenvalue weighted by Crippen LogP contribution is -2.60. The second kappa shape index (κ2) is 21.8. The number of pyridine rings is 1. The minimum absolute atomic E-state index is 0.132. The maximum atomic E-state index is 14.4. The predicted octanol–water partition coefficient (Wildman–Crippen LogP) is 5.84. The van der Waals surface area contributed by atoms with E-state index in [0.29, 0.717) is 26.1 Å². The van der Waals surface area contributed by atoms with Gasteiger partial charge in [-0.2, -0.15) is 0 Å². The number of nitrogens with two attached hydrogens (primary N) is 1. The molecule has 0 unspecified atom stereocenters. The SMILES string of the molecule is C=CC(=O)N1C[C@@H](N)[C@H](C(=O)N(C)[C@H](C(=O)N[C@@H](Cc2cccc(-c3ccc4c(c3)c(CC(C)(C)COC(C)=O)c(-c3cccnc3[C@H](C)OC)n4CC)c2)C(=O)N2CCCCN2)C(C)C)C1. The molecule has 67 heavy (non-hydrogen) atoms. The summed E-state index contributed by atoms with van der Waals surface area (Å²) in [7, 11) is 3.26. The molecule has 15 nitrogen and oxygen atoms in total. The van der Waals surface area contributed by atoms with Crippen LogP contribution in [0.2, 0.25) is 0 Å². The highest BCUT2D eigenvalue weighted by molar-refractivity contribution is 5.96. The molecule has 4 N–H and O–H groups in total. The summed E-state index contributed by atoms with van der Waals surface area (Å²) in [6.07, 6.45) is 5.28. The molecule has 2 fully saturated rings. The molecule has 4 heterocycles. The van der Waals surface area contributed by atoms with Crippen molar-refractivity contribution < 1.29 is 33.4 Å². The summed E-state index contributed by atoms with van der Waals surface area (Å²) in [6, 6.07) is 16.1. The molecule has 6 rings (SSSR count). The molecule has 0 radical (unpaired) electrons. The smallest absolute Gasteiger partial charge is 0.302 e. The van der Waals surface area contributed by atoms with Crippen LogP contribution in [-0.4, -0.2) is 119 Å². The van der Waals surface area contributed by atoms with Crippen LogP contribution in [0.15, 0.2) is 73.4 Å². The van der Waals surface area contributed by atoms with E-state index in [9.17, 15) is 24.0 Å². The summed E-state index contributed by atoms with van der Waals surface area (Å²) in [4.78, 5) is 74.9. The Morgan fingerprint density at radius 3 is 2.45 bits per heavy atom. The van der Waals surface area contributed by atoms with Gasteiger partial charge in [-0.3, -0.25) is 34.0 Å². The number of carbonyl (C=O) groups is 5. The third-order valence-electron chi connectivity index (χ3n) is 13.2. The quantitative estimate of drug-likeness (QED) is 0.0811. The molecule has 0 spiro atoms.